The largest absolute Gasteiger partial charge is 0.324 e. The highest BCUT2D eigenvalue weighted by Crippen LogP contribution is 2.26. The van der Waals surface area contributed by atoms with Gasteiger partial charge < -0.3 is 5.73 Å². The van der Waals surface area contributed by atoms with Crippen LogP contribution in [0.5, 0.6) is 0 Å². The van der Waals surface area contributed by atoms with Gasteiger partial charge >= 0.3 is 0 Å². The summed E-state index contributed by atoms with van der Waals surface area (Å²) in [5.74, 6) is 0.750. The number of rotatable bonds is 3. The van der Waals surface area contributed by atoms with E-state index in [9.17, 15) is 0 Å². The molecule has 1 rings (SSSR count). The van der Waals surface area contributed by atoms with Crippen LogP contribution in [0, 0.1) is 0 Å². The first-order valence-electron chi connectivity index (χ1n) is 3.96. The standard InChI is InChI=1S/C9H11Cl2NS/c10-6-1-2-7(8(11)5-6)9(12)3-4-13/h1-2,5,9,13H,3-4,12H2. The summed E-state index contributed by atoms with van der Waals surface area (Å²) >= 11 is 15.8. The zero-order valence-corrected chi connectivity index (χ0v) is 9.41. The van der Waals surface area contributed by atoms with Crippen molar-refractivity contribution >= 4 is 35.8 Å². The number of benzene rings is 1. The van der Waals surface area contributed by atoms with Crippen LogP contribution in [0.15, 0.2) is 18.2 Å². The lowest BCUT2D eigenvalue weighted by molar-refractivity contribution is 0.707. The van der Waals surface area contributed by atoms with E-state index in [4.69, 9.17) is 28.9 Å². The molecule has 72 valence electrons. The second-order valence-corrected chi connectivity index (χ2v) is 4.08. The predicted molar refractivity (Wildman–Crippen MR) is 61.9 cm³/mol. The van der Waals surface area contributed by atoms with E-state index in [0.29, 0.717) is 10.0 Å². The fourth-order valence-corrected chi connectivity index (χ4v) is 1.92. The molecule has 0 fully saturated rings. The van der Waals surface area contributed by atoms with Gasteiger partial charge in [0.05, 0.1) is 0 Å². The Hall–Kier alpha value is 0.110. The average Bonchev–Trinajstić information content (AvgIpc) is 2.04. The van der Waals surface area contributed by atoms with Crippen LogP contribution in [0.3, 0.4) is 0 Å². The number of nitrogens with two attached hydrogens (primary N) is 1. The van der Waals surface area contributed by atoms with E-state index in [1.54, 1.807) is 12.1 Å². The first-order chi connectivity index (χ1) is 6.15. The monoisotopic (exact) mass is 235 g/mol. The molecule has 0 amide bonds. The molecule has 0 radical (unpaired) electrons. The van der Waals surface area contributed by atoms with E-state index >= 15 is 0 Å². The SMILES string of the molecule is NC(CCS)c1ccc(Cl)cc1Cl. The van der Waals surface area contributed by atoms with E-state index in [-0.39, 0.29) is 6.04 Å². The summed E-state index contributed by atoms with van der Waals surface area (Å²) in [4.78, 5) is 0. The molecule has 0 aliphatic carbocycles. The predicted octanol–water partition coefficient (Wildman–Crippen LogP) is 3.31. The van der Waals surface area contributed by atoms with Gasteiger partial charge in [0.15, 0.2) is 0 Å². The zero-order valence-electron chi connectivity index (χ0n) is 7.00. The summed E-state index contributed by atoms with van der Waals surface area (Å²) in [5, 5.41) is 1.26. The maximum atomic E-state index is 5.97. The Kier molecular flexibility index (Phi) is 4.39. The van der Waals surface area contributed by atoms with Gasteiger partial charge in [-0.15, -0.1) is 0 Å². The molecule has 1 aromatic carbocycles. The van der Waals surface area contributed by atoms with Crippen molar-refractivity contribution < 1.29 is 0 Å². The van der Waals surface area contributed by atoms with Crippen molar-refractivity contribution in [1.82, 2.24) is 0 Å². The molecule has 0 saturated heterocycles. The van der Waals surface area contributed by atoms with Crippen molar-refractivity contribution in [2.45, 2.75) is 12.5 Å². The Balaban J connectivity index is 2.88. The quantitative estimate of drug-likeness (QED) is 0.773. The molecule has 0 spiro atoms. The average molecular weight is 236 g/mol. The van der Waals surface area contributed by atoms with E-state index in [1.807, 2.05) is 6.07 Å². The Morgan fingerprint density at radius 2 is 2.08 bits per heavy atom. The van der Waals surface area contributed by atoms with Crippen molar-refractivity contribution in [2.24, 2.45) is 5.73 Å². The van der Waals surface area contributed by atoms with Gasteiger partial charge in [-0.25, -0.2) is 0 Å². The summed E-state index contributed by atoms with van der Waals surface area (Å²) in [6.07, 6.45) is 0.810. The Labute approximate surface area is 93.6 Å². The normalized spacial score (nSPS) is 12.9. The van der Waals surface area contributed by atoms with Crippen molar-refractivity contribution in [2.75, 3.05) is 5.75 Å². The summed E-state index contributed by atoms with van der Waals surface area (Å²) in [7, 11) is 0. The minimum absolute atomic E-state index is 0.0535. The van der Waals surface area contributed by atoms with Gasteiger partial charge in [-0.3, -0.25) is 0 Å². The molecule has 1 nitrogen and oxygen atoms in total. The van der Waals surface area contributed by atoms with E-state index < -0.39 is 0 Å². The number of thiol groups is 1. The van der Waals surface area contributed by atoms with E-state index in [1.165, 1.54) is 0 Å². The first-order valence-corrected chi connectivity index (χ1v) is 5.35. The van der Waals surface area contributed by atoms with Crippen LogP contribution in [-0.4, -0.2) is 5.75 Å². The van der Waals surface area contributed by atoms with Crippen LogP contribution >= 0.6 is 35.8 Å². The zero-order chi connectivity index (χ0) is 9.84. The van der Waals surface area contributed by atoms with Crippen LogP contribution in [0.25, 0.3) is 0 Å². The minimum Gasteiger partial charge on any atom is -0.324 e. The van der Waals surface area contributed by atoms with Crippen LogP contribution < -0.4 is 5.73 Å². The molecule has 4 heteroatoms. The fraction of sp³-hybridized carbons (Fsp3) is 0.333. The van der Waals surface area contributed by atoms with Crippen molar-refractivity contribution in [1.29, 1.82) is 0 Å². The number of hydrogen-bond donors (Lipinski definition) is 2. The molecule has 1 atom stereocenters. The van der Waals surface area contributed by atoms with Gasteiger partial charge in [-0.2, -0.15) is 12.6 Å². The smallest absolute Gasteiger partial charge is 0.0468 e. The van der Waals surface area contributed by atoms with Crippen LogP contribution in [-0.2, 0) is 0 Å². The van der Waals surface area contributed by atoms with Gasteiger partial charge in [0.25, 0.3) is 0 Å². The molecule has 0 aliphatic rings. The number of halogens is 2. The molecule has 0 bridgehead atoms. The molecule has 1 aromatic rings. The van der Waals surface area contributed by atoms with E-state index in [2.05, 4.69) is 12.6 Å². The molecular formula is C9H11Cl2NS. The summed E-state index contributed by atoms with van der Waals surface area (Å²) in [5.41, 5.74) is 6.81. The highest BCUT2D eigenvalue weighted by Gasteiger charge is 2.09. The summed E-state index contributed by atoms with van der Waals surface area (Å²) in [6, 6.07) is 5.30. The lowest BCUT2D eigenvalue weighted by Gasteiger charge is -2.12. The maximum Gasteiger partial charge on any atom is 0.0468 e. The van der Waals surface area contributed by atoms with Gasteiger partial charge in [0.1, 0.15) is 0 Å². The number of hydrogen-bond acceptors (Lipinski definition) is 2. The molecular weight excluding hydrogens is 225 g/mol. The fourth-order valence-electron chi connectivity index (χ4n) is 1.10. The summed E-state index contributed by atoms with van der Waals surface area (Å²) in [6.45, 7) is 0. The van der Waals surface area contributed by atoms with Crippen LogP contribution in [0.4, 0.5) is 0 Å². The van der Waals surface area contributed by atoms with E-state index in [0.717, 1.165) is 17.7 Å². The van der Waals surface area contributed by atoms with Crippen molar-refractivity contribution in [3.8, 4) is 0 Å². The van der Waals surface area contributed by atoms with Gasteiger partial charge in [0, 0.05) is 16.1 Å². The highest BCUT2D eigenvalue weighted by molar-refractivity contribution is 7.80. The van der Waals surface area contributed by atoms with Gasteiger partial charge in [-0.1, -0.05) is 29.3 Å². The van der Waals surface area contributed by atoms with Gasteiger partial charge in [0.2, 0.25) is 0 Å². The first kappa shape index (κ1) is 11.2. The second-order valence-electron chi connectivity index (χ2n) is 2.78. The van der Waals surface area contributed by atoms with Crippen molar-refractivity contribution in [3.05, 3.63) is 33.8 Å². The second kappa shape index (κ2) is 5.11. The molecule has 0 aliphatic heterocycles. The topological polar surface area (TPSA) is 26.0 Å². The Bertz CT molecular complexity index is 291. The third kappa shape index (κ3) is 3.06. The lowest BCUT2D eigenvalue weighted by Crippen LogP contribution is -2.11. The minimum atomic E-state index is -0.0535. The third-order valence-electron chi connectivity index (χ3n) is 1.80. The molecule has 2 N–H and O–H groups in total. The highest BCUT2D eigenvalue weighted by atomic mass is 35.5. The summed E-state index contributed by atoms with van der Waals surface area (Å²) < 4.78 is 0. The molecule has 0 saturated carbocycles. The van der Waals surface area contributed by atoms with Crippen molar-refractivity contribution in [3.63, 3.8) is 0 Å². The Morgan fingerprint density at radius 1 is 1.38 bits per heavy atom. The van der Waals surface area contributed by atoms with Crippen LogP contribution in [0.1, 0.15) is 18.0 Å². The Morgan fingerprint density at radius 3 is 2.62 bits per heavy atom. The third-order valence-corrected chi connectivity index (χ3v) is 2.62. The molecule has 0 aromatic heterocycles. The van der Waals surface area contributed by atoms with Gasteiger partial charge in [-0.05, 0) is 29.9 Å². The maximum absolute atomic E-state index is 5.97. The molecule has 0 heterocycles. The molecule has 13 heavy (non-hydrogen) atoms. The lowest BCUT2D eigenvalue weighted by atomic mass is 10.1. The van der Waals surface area contributed by atoms with Crippen LogP contribution in [0.2, 0.25) is 10.0 Å². The molecule has 1 unspecified atom stereocenters.